The fourth-order valence-electron chi connectivity index (χ4n) is 3.17. The molecule has 7 nitrogen and oxygen atoms in total. The molecule has 0 unspecified atom stereocenters. The summed E-state index contributed by atoms with van der Waals surface area (Å²) < 4.78 is 5.17. The van der Waals surface area contributed by atoms with Gasteiger partial charge in [0.05, 0.1) is 16.3 Å². The van der Waals surface area contributed by atoms with E-state index in [1.54, 1.807) is 13.1 Å². The number of aryl methyl sites for hydroxylation is 1. The SMILES string of the molecule is Cc1noc(CSc2ccccc2C(=O)N2CCN(c3ccc(Cl)cn3)CC2)n1. The van der Waals surface area contributed by atoms with Crippen LogP contribution in [-0.2, 0) is 5.75 Å². The molecule has 0 N–H and O–H groups in total. The summed E-state index contributed by atoms with van der Waals surface area (Å²) in [7, 11) is 0. The third-order valence-corrected chi connectivity index (χ3v) is 5.92. The molecule has 0 spiro atoms. The summed E-state index contributed by atoms with van der Waals surface area (Å²) in [4.78, 5) is 26.7. The van der Waals surface area contributed by atoms with Crippen LogP contribution in [0.2, 0.25) is 5.02 Å². The average molecular weight is 430 g/mol. The highest BCUT2D eigenvalue weighted by molar-refractivity contribution is 7.98. The molecule has 1 aliphatic heterocycles. The Morgan fingerprint density at radius 1 is 1.17 bits per heavy atom. The molecule has 4 rings (SSSR count). The second kappa shape index (κ2) is 8.84. The van der Waals surface area contributed by atoms with Crippen LogP contribution in [0.25, 0.3) is 0 Å². The summed E-state index contributed by atoms with van der Waals surface area (Å²) in [6, 6.07) is 11.4. The van der Waals surface area contributed by atoms with Crippen molar-refractivity contribution in [3.63, 3.8) is 0 Å². The standard InChI is InChI=1S/C20H20ClN5O2S/c1-14-23-19(28-24-14)13-29-17-5-3-2-4-16(17)20(27)26-10-8-25(9-11-26)18-7-6-15(21)12-22-18/h2-7,12H,8-11,13H2,1H3. The van der Waals surface area contributed by atoms with Crippen molar-refractivity contribution in [2.75, 3.05) is 31.1 Å². The predicted octanol–water partition coefficient (Wildman–Crippen LogP) is 3.68. The van der Waals surface area contributed by atoms with Gasteiger partial charge < -0.3 is 14.3 Å². The van der Waals surface area contributed by atoms with Crippen molar-refractivity contribution in [3.05, 3.63) is 64.9 Å². The van der Waals surface area contributed by atoms with Crippen LogP contribution in [0.3, 0.4) is 0 Å². The summed E-state index contributed by atoms with van der Waals surface area (Å²) >= 11 is 7.44. The minimum Gasteiger partial charge on any atom is -0.353 e. The molecule has 2 aromatic heterocycles. The number of rotatable bonds is 5. The molecule has 29 heavy (non-hydrogen) atoms. The number of benzene rings is 1. The zero-order chi connectivity index (χ0) is 20.2. The zero-order valence-corrected chi connectivity index (χ0v) is 17.5. The fourth-order valence-corrected chi connectivity index (χ4v) is 4.17. The van der Waals surface area contributed by atoms with Gasteiger partial charge in [-0.3, -0.25) is 4.79 Å². The number of hydrogen-bond donors (Lipinski definition) is 0. The summed E-state index contributed by atoms with van der Waals surface area (Å²) in [5, 5.41) is 4.42. The molecule has 0 atom stereocenters. The highest BCUT2D eigenvalue weighted by Gasteiger charge is 2.24. The maximum atomic E-state index is 13.1. The van der Waals surface area contributed by atoms with Crippen molar-refractivity contribution in [3.8, 4) is 0 Å². The molecule has 3 aromatic rings. The summed E-state index contributed by atoms with van der Waals surface area (Å²) in [6.07, 6.45) is 1.65. The van der Waals surface area contributed by atoms with Crippen LogP contribution < -0.4 is 4.90 Å². The number of thioether (sulfide) groups is 1. The largest absolute Gasteiger partial charge is 0.353 e. The number of aromatic nitrogens is 3. The molecule has 9 heteroatoms. The smallest absolute Gasteiger partial charge is 0.255 e. The second-order valence-corrected chi connectivity index (χ2v) is 8.09. The van der Waals surface area contributed by atoms with E-state index in [2.05, 4.69) is 20.0 Å². The van der Waals surface area contributed by atoms with Gasteiger partial charge in [0.15, 0.2) is 5.82 Å². The van der Waals surface area contributed by atoms with Crippen molar-refractivity contribution in [1.82, 2.24) is 20.0 Å². The Hall–Kier alpha value is -2.58. The van der Waals surface area contributed by atoms with E-state index >= 15 is 0 Å². The normalized spacial score (nSPS) is 14.3. The Morgan fingerprint density at radius 3 is 2.66 bits per heavy atom. The molecular weight excluding hydrogens is 410 g/mol. The van der Waals surface area contributed by atoms with Gasteiger partial charge in [0.25, 0.3) is 5.91 Å². The summed E-state index contributed by atoms with van der Waals surface area (Å²) in [6.45, 7) is 4.54. The van der Waals surface area contributed by atoms with Crippen molar-refractivity contribution in [2.24, 2.45) is 0 Å². The molecule has 1 aliphatic rings. The number of amides is 1. The minimum absolute atomic E-state index is 0.0403. The van der Waals surface area contributed by atoms with E-state index in [4.69, 9.17) is 16.1 Å². The topological polar surface area (TPSA) is 75.4 Å². The van der Waals surface area contributed by atoms with E-state index in [1.807, 2.05) is 41.3 Å². The first-order chi connectivity index (χ1) is 14.1. The molecule has 0 bridgehead atoms. The van der Waals surface area contributed by atoms with Gasteiger partial charge in [-0.25, -0.2) is 4.98 Å². The Balaban J connectivity index is 1.40. The molecule has 0 aliphatic carbocycles. The van der Waals surface area contributed by atoms with Crippen LogP contribution >= 0.6 is 23.4 Å². The van der Waals surface area contributed by atoms with Crippen LogP contribution in [-0.4, -0.2) is 52.1 Å². The van der Waals surface area contributed by atoms with Gasteiger partial charge in [-0.05, 0) is 31.2 Å². The Bertz CT molecular complexity index is 987. The van der Waals surface area contributed by atoms with Crippen LogP contribution in [0.15, 0.2) is 52.0 Å². The van der Waals surface area contributed by atoms with E-state index in [-0.39, 0.29) is 5.91 Å². The second-order valence-electron chi connectivity index (χ2n) is 6.63. The van der Waals surface area contributed by atoms with E-state index in [1.165, 1.54) is 11.8 Å². The Labute approximate surface area is 178 Å². The monoisotopic (exact) mass is 429 g/mol. The molecule has 1 amide bonds. The first kappa shape index (κ1) is 19.7. The quantitative estimate of drug-likeness (QED) is 0.572. The van der Waals surface area contributed by atoms with E-state index in [9.17, 15) is 4.79 Å². The molecule has 1 saturated heterocycles. The number of carbonyl (C=O) groups is 1. The molecule has 150 valence electrons. The number of carbonyl (C=O) groups excluding carboxylic acids is 1. The lowest BCUT2D eigenvalue weighted by Gasteiger charge is -2.35. The molecule has 3 heterocycles. The lowest BCUT2D eigenvalue weighted by Crippen LogP contribution is -2.49. The minimum atomic E-state index is 0.0403. The molecule has 1 aromatic carbocycles. The fraction of sp³-hybridized carbons (Fsp3) is 0.300. The Morgan fingerprint density at radius 2 is 1.97 bits per heavy atom. The van der Waals surface area contributed by atoms with Gasteiger partial charge >= 0.3 is 0 Å². The third-order valence-electron chi connectivity index (χ3n) is 4.64. The first-order valence-corrected chi connectivity index (χ1v) is 10.6. The number of halogens is 1. The van der Waals surface area contributed by atoms with Crippen molar-refractivity contribution >= 4 is 35.1 Å². The number of piperazine rings is 1. The van der Waals surface area contributed by atoms with Gasteiger partial charge in [0.1, 0.15) is 5.82 Å². The summed E-state index contributed by atoms with van der Waals surface area (Å²) in [5.41, 5.74) is 0.701. The lowest BCUT2D eigenvalue weighted by molar-refractivity contribution is 0.0743. The van der Waals surface area contributed by atoms with Gasteiger partial charge in [0, 0.05) is 37.3 Å². The average Bonchev–Trinajstić information content (AvgIpc) is 3.18. The van der Waals surface area contributed by atoms with Crippen LogP contribution in [0, 0.1) is 6.92 Å². The highest BCUT2D eigenvalue weighted by atomic mass is 35.5. The number of pyridine rings is 1. The molecule has 1 fully saturated rings. The van der Waals surface area contributed by atoms with Crippen molar-refractivity contribution in [1.29, 1.82) is 0 Å². The zero-order valence-electron chi connectivity index (χ0n) is 15.9. The molecule has 0 saturated carbocycles. The van der Waals surface area contributed by atoms with Crippen molar-refractivity contribution < 1.29 is 9.32 Å². The van der Waals surface area contributed by atoms with Gasteiger partial charge in [0.2, 0.25) is 5.89 Å². The third kappa shape index (κ3) is 4.71. The van der Waals surface area contributed by atoms with Crippen LogP contribution in [0.1, 0.15) is 22.1 Å². The maximum Gasteiger partial charge on any atom is 0.255 e. The van der Waals surface area contributed by atoms with E-state index < -0.39 is 0 Å². The number of anilines is 1. The van der Waals surface area contributed by atoms with Gasteiger partial charge in [-0.15, -0.1) is 11.8 Å². The molecular formula is C20H20ClN5O2S. The maximum absolute atomic E-state index is 13.1. The van der Waals surface area contributed by atoms with Gasteiger partial charge in [-0.1, -0.05) is 28.9 Å². The number of hydrogen-bond acceptors (Lipinski definition) is 7. The lowest BCUT2D eigenvalue weighted by atomic mass is 10.2. The Kier molecular flexibility index (Phi) is 6.01. The van der Waals surface area contributed by atoms with Crippen LogP contribution in [0.4, 0.5) is 5.82 Å². The predicted molar refractivity (Wildman–Crippen MR) is 112 cm³/mol. The number of nitrogens with zero attached hydrogens (tertiary/aromatic N) is 5. The van der Waals surface area contributed by atoms with E-state index in [0.29, 0.717) is 41.1 Å². The highest BCUT2D eigenvalue weighted by Crippen LogP contribution is 2.27. The molecule has 0 radical (unpaired) electrons. The van der Waals surface area contributed by atoms with Crippen molar-refractivity contribution in [2.45, 2.75) is 17.6 Å². The first-order valence-electron chi connectivity index (χ1n) is 9.27. The van der Waals surface area contributed by atoms with E-state index in [0.717, 1.165) is 23.8 Å². The van der Waals surface area contributed by atoms with Crippen LogP contribution in [0.5, 0.6) is 0 Å². The van der Waals surface area contributed by atoms with Gasteiger partial charge in [-0.2, -0.15) is 4.98 Å². The summed E-state index contributed by atoms with van der Waals surface area (Å²) in [5.74, 6) is 2.61.